The van der Waals surface area contributed by atoms with Crippen molar-refractivity contribution in [3.8, 4) is 5.75 Å². The fraction of sp³-hybridized carbons (Fsp3) is 0.500. The first-order chi connectivity index (χ1) is 17.9. The Hall–Kier alpha value is -3.17. The van der Waals surface area contributed by atoms with Crippen molar-refractivity contribution in [2.45, 2.75) is 39.0 Å². The second-order valence-corrected chi connectivity index (χ2v) is 9.46. The number of piperidine rings is 1. The molecule has 1 saturated heterocycles. The Morgan fingerprint density at radius 2 is 2.03 bits per heavy atom. The van der Waals surface area contributed by atoms with E-state index < -0.39 is 5.82 Å². The normalized spacial score (nSPS) is 15.4. The number of nitrogens with zero attached hydrogens (tertiary/aromatic N) is 4. The topological polar surface area (TPSA) is 105 Å². The minimum atomic E-state index is -0.452. The zero-order valence-corrected chi connectivity index (χ0v) is 22.4. The molecule has 1 amide bonds. The van der Waals surface area contributed by atoms with E-state index in [0.717, 1.165) is 37.2 Å². The lowest BCUT2D eigenvalue weighted by Gasteiger charge is -2.27. The van der Waals surface area contributed by atoms with Gasteiger partial charge < -0.3 is 20.7 Å². The van der Waals surface area contributed by atoms with Gasteiger partial charge in [0, 0.05) is 38.1 Å². The van der Waals surface area contributed by atoms with E-state index in [1.807, 2.05) is 13.0 Å². The maximum absolute atomic E-state index is 14.8. The molecule has 3 N–H and O–H groups in total. The third-order valence-corrected chi connectivity index (χ3v) is 6.79. The summed E-state index contributed by atoms with van der Waals surface area (Å²) in [5.41, 5.74) is 9.37. The average molecular weight is 511 g/mol. The predicted molar refractivity (Wildman–Crippen MR) is 147 cm³/mol. The van der Waals surface area contributed by atoms with Gasteiger partial charge in [-0.05, 0) is 87.0 Å². The van der Waals surface area contributed by atoms with Crippen LogP contribution in [0.4, 0.5) is 10.2 Å². The van der Waals surface area contributed by atoms with Crippen LogP contribution in [0.25, 0.3) is 0 Å². The summed E-state index contributed by atoms with van der Waals surface area (Å²) < 4.78 is 20.0. The summed E-state index contributed by atoms with van der Waals surface area (Å²) in [5.74, 6) is 0.554. The van der Waals surface area contributed by atoms with Crippen LogP contribution in [0.1, 0.15) is 46.8 Å². The van der Waals surface area contributed by atoms with Crippen LogP contribution in [-0.2, 0) is 19.3 Å². The van der Waals surface area contributed by atoms with Crippen LogP contribution in [0, 0.1) is 11.7 Å². The number of likely N-dealkylation sites (tertiary alicyclic amines) is 1. The van der Waals surface area contributed by atoms with Gasteiger partial charge in [-0.1, -0.05) is 13.0 Å². The van der Waals surface area contributed by atoms with Crippen molar-refractivity contribution in [2.75, 3.05) is 47.4 Å². The highest BCUT2D eigenvalue weighted by Gasteiger charge is 2.17. The molecule has 200 valence electrons. The Bertz CT molecular complexity index is 1130. The molecule has 0 aliphatic carbocycles. The van der Waals surface area contributed by atoms with Gasteiger partial charge in [-0.15, -0.1) is 0 Å². The van der Waals surface area contributed by atoms with E-state index in [4.69, 9.17) is 10.5 Å². The van der Waals surface area contributed by atoms with E-state index in [0.29, 0.717) is 41.4 Å². The standard InChI is InChI=1S/C28H39FN6O2/c1-5-21-12-20(6-7-22-13-23(28(36)31-2)14-25(37-4)26(22)29)17-33-27(21)34-24(15-30)18-32-16-19-8-10-35(3)11-9-19/h12-14,17-19H,5-11,15-16,30H2,1-4H3,(H,31,36). The summed E-state index contributed by atoms with van der Waals surface area (Å²) in [6.07, 6.45) is 7.58. The summed E-state index contributed by atoms with van der Waals surface area (Å²) in [7, 11) is 5.08. The molecule has 0 atom stereocenters. The van der Waals surface area contributed by atoms with Gasteiger partial charge in [0.05, 0.1) is 12.8 Å². The highest BCUT2D eigenvalue weighted by molar-refractivity contribution is 6.32. The van der Waals surface area contributed by atoms with Gasteiger partial charge in [-0.3, -0.25) is 9.79 Å². The first-order valence-corrected chi connectivity index (χ1v) is 12.9. The molecule has 1 aliphatic rings. The maximum Gasteiger partial charge on any atom is 0.251 e. The van der Waals surface area contributed by atoms with E-state index in [1.165, 1.54) is 33.1 Å². The number of amides is 1. The molecule has 1 aliphatic heterocycles. The molecule has 0 unspecified atom stereocenters. The number of carbonyl (C=O) groups excluding carboxylic acids is 1. The molecule has 9 heteroatoms. The summed E-state index contributed by atoms with van der Waals surface area (Å²) >= 11 is 0. The fourth-order valence-electron chi connectivity index (χ4n) is 4.41. The molecule has 0 saturated carbocycles. The van der Waals surface area contributed by atoms with Crippen molar-refractivity contribution in [3.63, 3.8) is 0 Å². The predicted octanol–water partition coefficient (Wildman–Crippen LogP) is 3.38. The van der Waals surface area contributed by atoms with Gasteiger partial charge in [-0.25, -0.2) is 14.4 Å². The average Bonchev–Trinajstić information content (AvgIpc) is 2.92. The summed E-state index contributed by atoms with van der Waals surface area (Å²) in [6, 6.07) is 5.03. The Balaban J connectivity index is 1.71. The van der Waals surface area contributed by atoms with E-state index in [1.54, 1.807) is 18.5 Å². The third-order valence-electron chi connectivity index (χ3n) is 6.79. The minimum absolute atomic E-state index is 0.0555. The molecule has 2 aromatic rings. The Kier molecular flexibility index (Phi) is 10.7. The highest BCUT2D eigenvalue weighted by Crippen LogP contribution is 2.25. The van der Waals surface area contributed by atoms with Crippen LogP contribution in [0.5, 0.6) is 5.75 Å². The number of hydrogen-bond acceptors (Lipinski definition) is 7. The number of benzene rings is 1. The van der Waals surface area contributed by atoms with Gasteiger partial charge in [0.1, 0.15) is 0 Å². The molecular formula is C28H39FN6O2. The molecule has 1 aromatic carbocycles. The number of rotatable bonds is 11. The van der Waals surface area contributed by atoms with Crippen molar-refractivity contribution in [3.05, 3.63) is 52.5 Å². The smallest absolute Gasteiger partial charge is 0.251 e. The van der Waals surface area contributed by atoms with Crippen LogP contribution >= 0.6 is 0 Å². The number of nitrogens with two attached hydrogens (primary N) is 1. The zero-order chi connectivity index (χ0) is 26.8. The number of methoxy groups -OCH3 is 1. The number of aromatic nitrogens is 1. The summed E-state index contributed by atoms with van der Waals surface area (Å²) in [6.45, 7) is 5.36. The highest BCUT2D eigenvalue weighted by atomic mass is 19.1. The number of aliphatic imine (C=N–C) groups is 2. The minimum Gasteiger partial charge on any atom is -0.494 e. The Morgan fingerprint density at radius 3 is 2.68 bits per heavy atom. The van der Waals surface area contributed by atoms with Crippen LogP contribution in [-0.4, -0.2) is 75.1 Å². The molecule has 1 fully saturated rings. The fourth-order valence-corrected chi connectivity index (χ4v) is 4.41. The van der Waals surface area contributed by atoms with Crippen molar-refractivity contribution in [1.29, 1.82) is 0 Å². The maximum atomic E-state index is 14.8. The quantitative estimate of drug-likeness (QED) is 0.451. The molecular weight excluding hydrogens is 471 g/mol. The van der Waals surface area contributed by atoms with E-state index >= 15 is 0 Å². The molecule has 37 heavy (non-hydrogen) atoms. The van der Waals surface area contributed by atoms with E-state index in [2.05, 4.69) is 32.2 Å². The van der Waals surface area contributed by atoms with Crippen LogP contribution in [0.3, 0.4) is 0 Å². The van der Waals surface area contributed by atoms with Gasteiger partial charge in [0.15, 0.2) is 17.4 Å². The second kappa shape index (κ2) is 13.9. The van der Waals surface area contributed by atoms with Crippen molar-refractivity contribution in [1.82, 2.24) is 15.2 Å². The number of aryl methyl sites for hydroxylation is 3. The number of halogens is 1. The summed E-state index contributed by atoms with van der Waals surface area (Å²) in [5, 5.41) is 2.57. The molecule has 3 rings (SSSR count). The number of pyridine rings is 1. The van der Waals surface area contributed by atoms with E-state index in [9.17, 15) is 9.18 Å². The van der Waals surface area contributed by atoms with Gasteiger partial charge in [0.25, 0.3) is 5.91 Å². The lowest BCUT2D eigenvalue weighted by molar-refractivity contribution is 0.0962. The van der Waals surface area contributed by atoms with Crippen LogP contribution in [0.15, 0.2) is 34.4 Å². The molecule has 1 aromatic heterocycles. The first-order valence-electron chi connectivity index (χ1n) is 12.9. The summed E-state index contributed by atoms with van der Waals surface area (Å²) in [4.78, 5) is 28.3. The molecule has 2 heterocycles. The number of nitrogens with one attached hydrogen (secondary N) is 1. The second-order valence-electron chi connectivity index (χ2n) is 9.46. The van der Waals surface area contributed by atoms with Gasteiger partial charge in [0.2, 0.25) is 0 Å². The Labute approximate surface area is 219 Å². The van der Waals surface area contributed by atoms with Crippen LogP contribution < -0.4 is 15.8 Å². The lowest BCUT2D eigenvalue weighted by atomic mass is 9.97. The van der Waals surface area contributed by atoms with Crippen LogP contribution in [0.2, 0.25) is 0 Å². The van der Waals surface area contributed by atoms with Gasteiger partial charge in [-0.2, -0.15) is 0 Å². The zero-order valence-electron chi connectivity index (χ0n) is 22.4. The molecule has 0 bridgehead atoms. The van der Waals surface area contributed by atoms with E-state index in [-0.39, 0.29) is 18.2 Å². The lowest BCUT2D eigenvalue weighted by Crippen LogP contribution is -2.31. The number of carbonyl (C=O) groups is 1. The third kappa shape index (κ3) is 7.90. The molecule has 0 radical (unpaired) electrons. The number of hydrogen-bond donors (Lipinski definition) is 2. The first kappa shape index (κ1) is 28.4. The van der Waals surface area contributed by atoms with Crippen molar-refractivity contribution < 1.29 is 13.9 Å². The monoisotopic (exact) mass is 510 g/mol. The largest absolute Gasteiger partial charge is 0.494 e. The van der Waals surface area contributed by atoms with Crippen molar-refractivity contribution >= 4 is 23.7 Å². The Morgan fingerprint density at radius 1 is 1.27 bits per heavy atom. The van der Waals surface area contributed by atoms with Gasteiger partial charge >= 0.3 is 0 Å². The molecule has 8 nitrogen and oxygen atoms in total. The SMILES string of the molecule is CCc1cc(CCc2cc(C(=O)NC)cc(OC)c2F)cnc1N=C(C=NCC1CCN(C)CC1)CN. The molecule has 0 spiro atoms. The number of ether oxygens (including phenoxy) is 1. The van der Waals surface area contributed by atoms with Crippen molar-refractivity contribution in [2.24, 2.45) is 21.6 Å².